The Morgan fingerprint density at radius 3 is 2.46 bits per heavy atom. The van der Waals surface area contributed by atoms with Crippen molar-refractivity contribution in [1.82, 2.24) is 15.3 Å². The highest BCUT2D eigenvalue weighted by Gasteiger charge is 2.17. The molecule has 0 saturated carbocycles. The number of nitrogens with two attached hydrogens (primary N) is 1. The minimum Gasteiger partial charge on any atom is -0.383 e. The molecule has 0 aliphatic heterocycles. The lowest BCUT2D eigenvalue weighted by Gasteiger charge is -2.14. The summed E-state index contributed by atoms with van der Waals surface area (Å²) in [6.07, 6.45) is 0. The van der Waals surface area contributed by atoms with Crippen LogP contribution in [0.3, 0.4) is 0 Å². The predicted molar refractivity (Wildman–Crippen MR) is 100 cm³/mol. The lowest BCUT2D eigenvalue weighted by Crippen LogP contribution is -2.12. The van der Waals surface area contributed by atoms with Crippen molar-refractivity contribution in [2.75, 3.05) is 12.8 Å². The van der Waals surface area contributed by atoms with Crippen LogP contribution in [0.25, 0.3) is 22.6 Å². The van der Waals surface area contributed by atoms with Gasteiger partial charge in [-0.3, -0.25) is 0 Å². The number of nitrogens with one attached hydrogen (secondary N) is 1. The van der Waals surface area contributed by atoms with E-state index in [1.165, 1.54) is 0 Å². The molecule has 3 rings (SSSR count). The Balaban J connectivity index is 2.23. The lowest BCUT2D eigenvalue weighted by atomic mass is 10.1. The summed E-state index contributed by atoms with van der Waals surface area (Å²) >= 11 is 12.4. The monoisotopic (exact) mass is 358 g/mol. The Labute approximate surface area is 150 Å². The number of anilines is 1. The van der Waals surface area contributed by atoms with Gasteiger partial charge in [-0.25, -0.2) is 9.97 Å². The number of hydrogen-bond donors (Lipinski definition) is 2. The molecule has 6 heteroatoms. The normalized spacial score (nSPS) is 10.8. The van der Waals surface area contributed by atoms with Gasteiger partial charge in [-0.15, -0.1) is 0 Å². The molecule has 3 aromatic rings. The smallest absolute Gasteiger partial charge is 0.162 e. The summed E-state index contributed by atoms with van der Waals surface area (Å²) in [6, 6.07) is 15.0. The molecule has 1 aromatic heterocycles. The van der Waals surface area contributed by atoms with Gasteiger partial charge in [0.15, 0.2) is 5.82 Å². The van der Waals surface area contributed by atoms with Crippen molar-refractivity contribution < 1.29 is 0 Å². The molecule has 24 heavy (non-hydrogen) atoms. The maximum Gasteiger partial charge on any atom is 0.162 e. The van der Waals surface area contributed by atoms with Crippen LogP contribution in [0.15, 0.2) is 48.5 Å². The SMILES string of the molecule is CNCc1c(N)nc(-c2ccccc2)nc1-c1ccc(Cl)cc1Cl. The van der Waals surface area contributed by atoms with E-state index in [0.717, 1.165) is 16.7 Å². The van der Waals surface area contributed by atoms with Gasteiger partial charge in [0.1, 0.15) is 5.82 Å². The van der Waals surface area contributed by atoms with Crippen molar-refractivity contribution in [1.29, 1.82) is 0 Å². The number of nitrogens with zero attached hydrogens (tertiary/aromatic N) is 2. The first-order valence-electron chi connectivity index (χ1n) is 7.42. The molecule has 0 aliphatic carbocycles. The topological polar surface area (TPSA) is 63.8 Å². The zero-order valence-electron chi connectivity index (χ0n) is 13.1. The molecule has 3 N–H and O–H groups in total. The summed E-state index contributed by atoms with van der Waals surface area (Å²) in [6.45, 7) is 0.537. The maximum atomic E-state index is 6.38. The number of benzene rings is 2. The second-order valence-corrected chi connectivity index (χ2v) is 6.12. The van der Waals surface area contributed by atoms with Crippen molar-refractivity contribution in [3.63, 3.8) is 0 Å². The van der Waals surface area contributed by atoms with E-state index < -0.39 is 0 Å². The third kappa shape index (κ3) is 3.36. The number of halogens is 2. The van der Waals surface area contributed by atoms with Gasteiger partial charge in [0.2, 0.25) is 0 Å². The van der Waals surface area contributed by atoms with Gasteiger partial charge in [-0.2, -0.15) is 0 Å². The van der Waals surface area contributed by atoms with Crippen LogP contribution in [0, 0.1) is 0 Å². The molecule has 0 spiro atoms. The van der Waals surface area contributed by atoms with Crippen molar-refractivity contribution in [2.24, 2.45) is 0 Å². The first kappa shape index (κ1) is 16.7. The summed E-state index contributed by atoms with van der Waals surface area (Å²) in [5, 5.41) is 4.19. The molecule has 0 fully saturated rings. The first-order chi connectivity index (χ1) is 11.6. The Kier molecular flexibility index (Phi) is 5.00. The predicted octanol–water partition coefficient (Wildman–Crippen LogP) is 4.42. The van der Waals surface area contributed by atoms with Crippen LogP contribution in [0.2, 0.25) is 10.0 Å². The highest BCUT2D eigenvalue weighted by molar-refractivity contribution is 6.36. The summed E-state index contributed by atoms with van der Waals surface area (Å²) in [5.74, 6) is 0.994. The van der Waals surface area contributed by atoms with Gasteiger partial charge in [0.25, 0.3) is 0 Å². The molecule has 0 bridgehead atoms. The van der Waals surface area contributed by atoms with Crippen molar-refractivity contribution >= 4 is 29.0 Å². The summed E-state index contributed by atoms with van der Waals surface area (Å²) in [4.78, 5) is 9.18. The van der Waals surface area contributed by atoms with Gasteiger partial charge in [-0.1, -0.05) is 53.5 Å². The van der Waals surface area contributed by atoms with Gasteiger partial charge < -0.3 is 11.1 Å². The molecule has 0 radical (unpaired) electrons. The van der Waals surface area contributed by atoms with E-state index in [9.17, 15) is 0 Å². The third-order valence-electron chi connectivity index (χ3n) is 3.61. The number of rotatable bonds is 4. The van der Waals surface area contributed by atoms with E-state index in [1.54, 1.807) is 12.1 Å². The third-order valence-corrected chi connectivity index (χ3v) is 4.16. The number of nitrogen functional groups attached to an aromatic ring is 1. The zero-order valence-corrected chi connectivity index (χ0v) is 14.6. The van der Waals surface area contributed by atoms with Crippen LogP contribution in [-0.2, 0) is 6.54 Å². The molecule has 0 atom stereocenters. The Morgan fingerprint density at radius 2 is 1.79 bits per heavy atom. The van der Waals surface area contributed by atoms with Crippen LogP contribution >= 0.6 is 23.2 Å². The van der Waals surface area contributed by atoms with Gasteiger partial charge in [0.05, 0.1) is 10.7 Å². The second-order valence-electron chi connectivity index (χ2n) is 5.28. The number of hydrogen-bond acceptors (Lipinski definition) is 4. The fourth-order valence-electron chi connectivity index (χ4n) is 2.47. The Morgan fingerprint density at radius 1 is 1.04 bits per heavy atom. The van der Waals surface area contributed by atoms with E-state index in [4.69, 9.17) is 33.9 Å². The van der Waals surface area contributed by atoms with E-state index in [-0.39, 0.29) is 0 Å². The fourth-order valence-corrected chi connectivity index (χ4v) is 2.97. The van der Waals surface area contributed by atoms with Crippen molar-refractivity contribution in [3.8, 4) is 22.6 Å². The second kappa shape index (κ2) is 7.18. The molecule has 0 amide bonds. The summed E-state index contributed by atoms with van der Waals surface area (Å²) in [7, 11) is 1.85. The number of aromatic nitrogens is 2. The minimum absolute atomic E-state index is 0.430. The van der Waals surface area contributed by atoms with E-state index >= 15 is 0 Å². The van der Waals surface area contributed by atoms with Crippen LogP contribution in [-0.4, -0.2) is 17.0 Å². The molecular formula is C18H16Cl2N4. The van der Waals surface area contributed by atoms with Gasteiger partial charge in [-0.05, 0) is 25.2 Å². The highest BCUT2D eigenvalue weighted by Crippen LogP contribution is 2.34. The fraction of sp³-hybridized carbons (Fsp3) is 0.111. The van der Waals surface area contributed by atoms with Crippen LogP contribution in [0.1, 0.15) is 5.56 Å². The average Bonchev–Trinajstić information content (AvgIpc) is 2.58. The molecule has 122 valence electrons. The molecule has 0 saturated heterocycles. The quantitative estimate of drug-likeness (QED) is 0.724. The van der Waals surface area contributed by atoms with Crippen LogP contribution < -0.4 is 11.1 Å². The van der Waals surface area contributed by atoms with Crippen LogP contribution in [0.5, 0.6) is 0 Å². The molecule has 0 unspecified atom stereocenters. The largest absolute Gasteiger partial charge is 0.383 e. The molecular weight excluding hydrogens is 343 g/mol. The van der Waals surface area contributed by atoms with Crippen LogP contribution in [0.4, 0.5) is 5.82 Å². The standard InChI is InChI=1S/C18H16Cl2N4/c1-22-10-14-16(13-8-7-12(19)9-15(13)20)23-18(24-17(14)21)11-5-3-2-4-6-11/h2-9,22H,10H2,1H3,(H2,21,23,24). The van der Waals surface area contributed by atoms with E-state index in [2.05, 4.69) is 10.3 Å². The van der Waals surface area contributed by atoms with Gasteiger partial charge >= 0.3 is 0 Å². The molecule has 0 aliphatic rings. The van der Waals surface area contributed by atoms with E-state index in [0.29, 0.717) is 33.9 Å². The van der Waals surface area contributed by atoms with Crippen molar-refractivity contribution in [2.45, 2.75) is 6.54 Å². The Hall–Kier alpha value is -2.14. The van der Waals surface area contributed by atoms with Gasteiger partial charge in [0, 0.05) is 28.3 Å². The average molecular weight is 359 g/mol. The molecule has 1 heterocycles. The lowest BCUT2D eigenvalue weighted by molar-refractivity contribution is 0.813. The highest BCUT2D eigenvalue weighted by atomic mass is 35.5. The first-order valence-corrected chi connectivity index (χ1v) is 8.17. The zero-order chi connectivity index (χ0) is 17.1. The van der Waals surface area contributed by atoms with Crippen molar-refractivity contribution in [3.05, 3.63) is 64.1 Å². The maximum absolute atomic E-state index is 6.38. The Bertz CT molecular complexity index is 866. The molecule has 2 aromatic carbocycles. The van der Waals surface area contributed by atoms with E-state index in [1.807, 2.05) is 43.4 Å². The molecule has 4 nitrogen and oxygen atoms in total. The minimum atomic E-state index is 0.430. The summed E-state index contributed by atoms with van der Waals surface area (Å²) in [5.41, 5.74) is 9.39. The summed E-state index contributed by atoms with van der Waals surface area (Å²) < 4.78 is 0.